The highest BCUT2D eigenvalue weighted by atomic mass is 35.5. The third-order valence-corrected chi connectivity index (χ3v) is 4.50. The van der Waals surface area contributed by atoms with Gasteiger partial charge in [0, 0.05) is 17.1 Å². The Morgan fingerprint density at radius 1 is 1.17 bits per heavy atom. The molecule has 0 aliphatic carbocycles. The van der Waals surface area contributed by atoms with Gasteiger partial charge in [-0.05, 0) is 24.3 Å². The van der Waals surface area contributed by atoms with E-state index in [-0.39, 0.29) is 5.91 Å². The number of amides is 1. The number of pyridine rings is 1. The normalized spacial score (nSPS) is 10.9. The largest absolute Gasteiger partial charge is 0.319 e. The maximum atomic E-state index is 12.6. The molecule has 0 saturated carbocycles. The predicted octanol–water partition coefficient (Wildman–Crippen LogP) is 4.36. The molecule has 4 rings (SSSR count). The van der Waals surface area contributed by atoms with E-state index in [9.17, 15) is 4.79 Å². The number of hydrogen-bond donors (Lipinski definition) is 1. The highest BCUT2D eigenvalue weighted by Crippen LogP contribution is 2.23. The van der Waals surface area contributed by atoms with Gasteiger partial charge in [-0.1, -0.05) is 23.7 Å². The number of imidazole rings is 1. The van der Waals surface area contributed by atoms with Crippen LogP contribution in [0.1, 0.15) is 10.5 Å². The second-order valence-electron chi connectivity index (χ2n) is 5.10. The van der Waals surface area contributed by atoms with Crippen LogP contribution in [-0.4, -0.2) is 20.3 Å². The van der Waals surface area contributed by atoms with Gasteiger partial charge in [0.1, 0.15) is 11.3 Å². The zero-order chi connectivity index (χ0) is 16.5. The number of benzene rings is 1. The summed E-state index contributed by atoms with van der Waals surface area (Å²) in [5.41, 5.74) is 5.26. The number of para-hydroxylation sites is 1. The second kappa shape index (κ2) is 6.07. The molecule has 3 heterocycles. The molecule has 0 aliphatic rings. The number of hydrogen-bond acceptors (Lipinski definition) is 4. The van der Waals surface area contributed by atoms with Gasteiger partial charge in [-0.25, -0.2) is 9.97 Å². The van der Waals surface area contributed by atoms with E-state index < -0.39 is 0 Å². The molecule has 24 heavy (non-hydrogen) atoms. The van der Waals surface area contributed by atoms with Crippen molar-refractivity contribution in [2.75, 3.05) is 5.32 Å². The standard InChI is InChI=1S/C17H11ClN4OS/c18-12-3-1-2-4-13(12)21-17(23)15-7-19-16-6-5-11(8-22(15)16)14-9-24-10-20-14/h1-10H,(H,21,23). The van der Waals surface area contributed by atoms with Crippen molar-refractivity contribution >= 4 is 40.2 Å². The van der Waals surface area contributed by atoms with Gasteiger partial charge in [0.2, 0.25) is 0 Å². The first kappa shape index (κ1) is 14.9. The molecular formula is C17H11ClN4OS. The van der Waals surface area contributed by atoms with Crippen LogP contribution in [0.3, 0.4) is 0 Å². The van der Waals surface area contributed by atoms with E-state index in [4.69, 9.17) is 11.6 Å². The highest BCUT2D eigenvalue weighted by Gasteiger charge is 2.14. The first-order valence-electron chi connectivity index (χ1n) is 7.14. The Labute approximate surface area is 146 Å². The summed E-state index contributed by atoms with van der Waals surface area (Å²) in [6.07, 6.45) is 3.41. The summed E-state index contributed by atoms with van der Waals surface area (Å²) in [5, 5.41) is 5.26. The Hall–Kier alpha value is -2.70. The number of rotatable bonds is 3. The minimum absolute atomic E-state index is 0.272. The Morgan fingerprint density at radius 3 is 2.83 bits per heavy atom. The van der Waals surface area contributed by atoms with E-state index in [0.717, 1.165) is 11.3 Å². The molecule has 4 aromatic rings. The minimum Gasteiger partial charge on any atom is -0.319 e. The molecule has 0 saturated heterocycles. The maximum Gasteiger partial charge on any atom is 0.274 e. The zero-order valence-corrected chi connectivity index (χ0v) is 13.9. The smallest absolute Gasteiger partial charge is 0.274 e. The Bertz CT molecular complexity index is 1030. The number of nitrogens with one attached hydrogen (secondary N) is 1. The molecule has 0 radical (unpaired) electrons. The van der Waals surface area contributed by atoms with Crippen molar-refractivity contribution in [1.29, 1.82) is 0 Å². The second-order valence-corrected chi connectivity index (χ2v) is 6.22. The van der Waals surface area contributed by atoms with E-state index in [2.05, 4.69) is 15.3 Å². The number of aromatic nitrogens is 3. The van der Waals surface area contributed by atoms with Crippen LogP contribution in [-0.2, 0) is 0 Å². The first-order chi connectivity index (χ1) is 11.7. The lowest BCUT2D eigenvalue weighted by Crippen LogP contribution is -2.14. The van der Waals surface area contributed by atoms with Gasteiger partial charge in [-0.15, -0.1) is 11.3 Å². The van der Waals surface area contributed by atoms with Crippen LogP contribution in [0.25, 0.3) is 16.9 Å². The summed E-state index contributed by atoms with van der Waals surface area (Å²) in [6, 6.07) is 10.9. The van der Waals surface area contributed by atoms with Gasteiger partial charge < -0.3 is 5.32 Å². The SMILES string of the molecule is O=C(Nc1ccccc1Cl)c1cnc2ccc(-c3cscn3)cn12. The lowest BCUT2D eigenvalue weighted by atomic mass is 10.2. The molecule has 118 valence electrons. The molecular weight excluding hydrogens is 344 g/mol. The van der Waals surface area contributed by atoms with Crippen molar-refractivity contribution in [2.24, 2.45) is 0 Å². The predicted molar refractivity (Wildman–Crippen MR) is 95.7 cm³/mol. The van der Waals surface area contributed by atoms with Crippen molar-refractivity contribution in [1.82, 2.24) is 14.4 Å². The average molecular weight is 355 g/mol. The molecule has 0 unspecified atom stereocenters. The van der Waals surface area contributed by atoms with Crippen molar-refractivity contribution < 1.29 is 4.79 Å². The van der Waals surface area contributed by atoms with Gasteiger partial charge in [0.15, 0.2) is 0 Å². The average Bonchev–Trinajstić information content (AvgIpc) is 3.25. The fraction of sp³-hybridized carbons (Fsp3) is 0. The van der Waals surface area contributed by atoms with E-state index >= 15 is 0 Å². The molecule has 0 spiro atoms. The van der Waals surface area contributed by atoms with Crippen LogP contribution in [0.15, 0.2) is 59.7 Å². The maximum absolute atomic E-state index is 12.6. The van der Waals surface area contributed by atoms with Crippen LogP contribution in [0.4, 0.5) is 5.69 Å². The van der Waals surface area contributed by atoms with Crippen molar-refractivity contribution in [3.63, 3.8) is 0 Å². The van der Waals surface area contributed by atoms with Gasteiger partial charge in [-0.3, -0.25) is 9.20 Å². The van der Waals surface area contributed by atoms with Crippen LogP contribution < -0.4 is 5.32 Å². The third-order valence-electron chi connectivity index (χ3n) is 3.59. The summed E-state index contributed by atoms with van der Waals surface area (Å²) in [7, 11) is 0. The molecule has 0 atom stereocenters. The molecule has 7 heteroatoms. The van der Waals surface area contributed by atoms with Crippen LogP contribution in [0.2, 0.25) is 5.02 Å². The monoisotopic (exact) mass is 354 g/mol. The number of halogens is 1. The lowest BCUT2D eigenvalue weighted by Gasteiger charge is -2.07. The van der Waals surface area contributed by atoms with Gasteiger partial charge in [0.25, 0.3) is 5.91 Å². The van der Waals surface area contributed by atoms with E-state index in [1.54, 1.807) is 28.2 Å². The Kier molecular flexibility index (Phi) is 3.76. The van der Waals surface area contributed by atoms with Gasteiger partial charge >= 0.3 is 0 Å². The van der Waals surface area contributed by atoms with Gasteiger partial charge in [0.05, 0.1) is 28.1 Å². The van der Waals surface area contributed by atoms with Crippen LogP contribution in [0.5, 0.6) is 0 Å². The number of carbonyl (C=O) groups excluding carboxylic acids is 1. The van der Waals surface area contributed by atoms with Crippen molar-refractivity contribution in [2.45, 2.75) is 0 Å². The van der Waals surface area contributed by atoms with Crippen LogP contribution >= 0.6 is 22.9 Å². The summed E-state index contributed by atoms with van der Waals surface area (Å²) in [5.74, 6) is -0.272. The Balaban J connectivity index is 1.72. The lowest BCUT2D eigenvalue weighted by molar-refractivity contribution is 0.102. The number of thiazole rings is 1. The quantitative estimate of drug-likeness (QED) is 0.594. The first-order valence-corrected chi connectivity index (χ1v) is 8.46. The topological polar surface area (TPSA) is 59.3 Å². The minimum atomic E-state index is -0.272. The Morgan fingerprint density at radius 2 is 2.04 bits per heavy atom. The fourth-order valence-corrected chi connectivity index (χ4v) is 3.15. The summed E-state index contributed by atoms with van der Waals surface area (Å²) in [4.78, 5) is 21.2. The van der Waals surface area contributed by atoms with E-state index in [1.165, 1.54) is 11.3 Å². The molecule has 1 N–H and O–H groups in total. The summed E-state index contributed by atoms with van der Waals surface area (Å²) >= 11 is 7.62. The molecule has 0 bridgehead atoms. The number of nitrogens with zero attached hydrogens (tertiary/aromatic N) is 3. The number of anilines is 1. The number of carbonyl (C=O) groups is 1. The number of fused-ring (bicyclic) bond motifs is 1. The molecule has 3 aromatic heterocycles. The fourth-order valence-electron chi connectivity index (χ4n) is 2.40. The summed E-state index contributed by atoms with van der Waals surface area (Å²) < 4.78 is 1.75. The molecule has 5 nitrogen and oxygen atoms in total. The van der Waals surface area contributed by atoms with Crippen molar-refractivity contribution in [3.8, 4) is 11.3 Å². The summed E-state index contributed by atoms with van der Waals surface area (Å²) in [6.45, 7) is 0. The van der Waals surface area contributed by atoms with E-state index in [1.807, 2.05) is 35.8 Å². The molecule has 0 fully saturated rings. The van der Waals surface area contributed by atoms with Crippen molar-refractivity contribution in [3.05, 3.63) is 70.4 Å². The molecule has 0 aliphatic heterocycles. The third kappa shape index (κ3) is 2.66. The molecule has 1 amide bonds. The highest BCUT2D eigenvalue weighted by molar-refractivity contribution is 7.07. The molecule has 1 aromatic carbocycles. The van der Waals surface area contributed by atoms with E-state index in [0.29, 0.717) is 22.1 Å². The van der Waals surface area contributed by atoms with Crippen LogP contribution in [0, 0.1) is 0 Å². The zero-order valence-electron chi connectivity index (χ0n) is 12.3. The van der Waals surface area contributed by atoms with Gasteiger partial charge in [-0.2, -0.15) is 0 Å².